The fourth-order valence-corrected chi connectivity index (χ4v) is 3.51. The van der Waals surface area contributed by atoms with E-state index in [2.05, 4.69) is 20.3 Å². The first kappa shape index (κ1) is 21.3. The summed E-state index contributed by atoms with van der Waals surface area (Å²) in [7, 11) is 0. The first-order valence-electron chi connectivity index (χ1n) is 10.8. The van der Waals surface area contributed by atoms with Gasteiger partial charge in [0.15, 0.2) is 6.10 Å². The third-order valence-electron chi connectivity index (χ3n) is 5.20. The van der Waals surface area contributed by atoms with Gasteiger partial charge in [-0.2, -0.15) is 5.10 Å². The number of rotatable bonds is 7. The van der Waals surface area contributed by atoms with Gasteiger partial charge in [-0.1, -0.05) is 48.5 Å². The molecule has 34 heavy (non-hydrogen) atoms. The van der Waals surface area contributed by atoms with Crippen LogP contribution in [0.5, 0.6) is 0 Å². The number of hydrogen-bond donors (Lipinski definition) is 0. The predicted molar refractivity (Wildman–Crippen MR) is 125 cm³/mol. The molecule has 5 rings (SSSR count). The van der Waals surface area contributed by atoms with Crippen molar-refractivity contribution in [3.63, 3.8) is 0 Å². The second kappa shape index (κ2) is 9.50. The second-order valence-corrected chi connectivity index (χ2v) is 7.68. The predicted octanol–water partition coefficient (Wildman–Crippen LogP) is 4.96. The van der Waals surface area contributed by atoms with E-state index in [-0.39, 0.29) is 5.89 Å². The molecule has 0 fully saturated rings. The van der Waals surface area contributed by atoms with E-state index in [1.54, 1.807) is 36.3 Å². The number of aromatic nitrogens is 5. The van der Waals surface area contributed by atoms with Crippen molar-refractivity contribution in [3.05, 3.63) is 108 Å². The molecule has 0 unspecified atom stereocenters. The van der Waals surface area contributed by atoms with Crippen LogP contribution in [0.4, 0.5) is 0 Å². The van der Waals surface area contributed by atoms with Crippen LogP contribution in [-0.2, 0) is 11.3 Å². The van der Waals surface area contributed by atoms with Gasteiger partial charge in [-0.3, -0.25) is 9.67 Å². The zero-order valence-electron chi connectivity index (χ0n) is 18.4. The molecule has 0 amide bonds. The molecular weight excluding hydrogens is 430 g/mol. The summed E-state index contributed by atoms with van der Waals surface area (Å²) >= 11 is 0. The van der Waals surface area contributed by atoms with E-state index >= 15 is 0 Å². The monoisotopic (exact) mass is 451 g/mol. The molecule has 0 saturated heterocycles. The topological polar surface area (TPSA) is 95.9 Å². The SMILES string of the molecule is C[C@H](OC(=O)c1cn(Cc2ccccc2)nc1-c1cccnc1)c1nnc(-c2ccccc2)o1. The van der Waals surface area contributed by atoms with Gasteiger partial charge in [0.2, 0.25) is 5.89 Å². The molecule has 168 valence electrons. The van der Waals surface area contributed by atoms with E-state index < -0.39 is 12.1 Å². The summed E-state index contributed by atoms with van der Waals surface area (Å²) in [5.74, 6) is 0.0437. The molecule has 0 spiro atoms. The molecule has 0 bridgehead atoms. The van der Waals surface area contributed by atoms with E-state index in [4.69, 9.17) is 9.15 Å². The maximum atomic E-state index is 13.2. The van der Waals surface area contributed by atoms with Gasteiger partial charge in [-0.15, -0.1) is 10.2 Å². The van der Waals surface area contributed by atoms with Gasteiger partial charge in [0.25, 0.3) is 5.89 Å². The molecule has 0 aliphatic rings. The van der Waals surface area contributed by atoms with Gasteiger partial charge in [-0.25, -0.2) is 4.79 Å². The lowest BCUT2D eigenvalue weighted by atomic mass is 10.1. The Morgan fingerprint density at radius 2 is 1.71 bits per heavy atom. The summed E-state index contributed by atoms with van der Waals surface area (Å²) in [6, 6.07) is 23.0. The molecule has 0 N–H and O–H groups in total. The van der Waals surface area contributed by atoms with Crippen LogP contribution < -0.4 is 0 Å². The molecule has 8 nitrogen and oxygen atoms in total. The molecular formula is C26H21N5O3. The van der Waals surface area contributed by atoms with Crippen molar-refractivity contribution >= 4 is 5.97 Å². The number of hydrogen-bond acceptors (Lipinski definition) is 7. The average Bonchev–Trinajstić information content (AvgIpc) is 3.54. The third kappa shape index (κ3) is 4.61. The van der Waals surface area contributed by atoms with Crippen molar-refractivity contribution in [2.45, 2.75) is 19.6 Å². The maximum absolute atomic E-state index is 13.2. The minimum absolute atomic E-state index is 0.215. The average molecular weight is 451 g/mol. The lowest BCUT2D eigenvalue weighted by Crippen LogP contribution is -2.10. The summed E-state index contributed by atoms with van der Waals surface area (Å²) in [4.78, 5) is 17.3. The molecule has 0 aliphatic heterocycles. The Bertz CT molecular complexity index is 1380. The van der Waals surface area contributed by atoms with E-state index in [1.807, 2.05) is 66.7 Å². The molecule has 0 aliphatic carbocycles. The van der Waals surface area contributed by atoms with Crippen molar-refractivity contribution in [3.8, 4) is 22.7 Å². The Morgan fingerprint density at radius 3 is 2.44 bits per heavy atom. The van der Waals surface area contributed by atoms with Crippen molar-refractivity contribution < 1.29 is 13.9 Å². The lowest BCUT2D eigenvalue weighted by molar-refractivity contribution is 0.0280. The second-order valence-electron chi connectivity index (χ2n) is 7.68. The molecule has 8 heteroatoms. The smallest absolute Gasteiger partial charge is 0.342 e. The number of nitrogens with zero attached hydrogens (tertiary/aromatic N) is 5. The molecule has 0 radical (unpaired) electrons. The highest BCUT2D eigenvalue weighted by Crippen LogP contribution is 2.26. The Hall–Kier alpha value is -4.59. The zero-order chi connectivity index (χ0) is 23.3. The largest absolute Gasteiger partial charge is 0.449 e. The van der Waals surface area contributed by atoms with Crippen LogP contribution in [0.15, 0.2) is 95.8 Å². The van der Waals surface area contributed by atoms with E-state index in [0.717, 1.165) is 16.7 Å². The highest BCUT2D eigenvalue weighted by molar-refractivity contribution is 5.96. The first-order chi connectivity index (χ1) is 16.7. The summed E-state index contributed by atoms with van der Waals surface area (Å²) in [5.41, 5.74) is 3.41. The number of carbonyl (C=O) groups excluding carboxylic acids is 1. The molecule has 0 saturated carbocycles. The normalized spacial score (nSPS) is 11.8. The van der Waals surface area contributed by atoms with Crippen LogP contribution >= 0.6 is 0 Å². The quantitative estimate of drug-likeness (QED) is 0.323. The van der Waals surface area contributed by atoms with E-state index in [1.165, 1.54) is 0 Å². The Kier molecular flexibility index (Phi) is 5.94. The summed E-state index contributed by atoms with van der Waals surface area (Å²) in [6.45, 7) is 2.21. The molecule has 3 aromatic heterocycles. The number of pyridine rings is 1. The highest BCUT2D eigenvalue weighted by Gasteiger charge is 2.24. The summed E-state index contributed by atoms with van der Waals surface area (Å²) in [5, 5.41) is 12.8. The van der Waals surface area contributed by atoms with Gasteiger partial charge in [-0.05, 0) is 36.8 Å². The number of esters is 1. The zero-order valence-corrected chi connectivity index (χ0v) is 18.4. The van der Waals surface area contributed by atoms with Gasteiger partial charge in [0.1, 0.15) is 11.3 Å². The summed E-state index contributed by atoms with van der Waals surface area (Å²) in [6.07, 6.45) is 4.29. The van der Waals surface area contributed by atoms with Crippen LogP contribution in [0.25, 0.3) is 22.7 Å². The van der Waals surface area contributed by atoms with Crippen LogP contribution in [0.3, 0.4) is 0 Å². The van der Waals surface area contributed by atoms with E-state index in [0.29, 0.717) is 23.7 Å². The Morgan fingerprint density at radius 1 is 0.971 bits per heavy atom. The lowest BCUT2D eigenvalue weighted by Gasteiger charge is -2.09. The fraction of sp³-hybridized carbons (Fsp3) is 0.115. The van der Waals surface area contributed by atoms with Gasteiger partial charge in [0.05, 0.1) is 6.54 Å². The van der Waals surface area contributed by atoms with Crippen LogP contribution in [0.2, 0.25) is 0 Å². The third-order valence-corrected chi connectivity index (χ3v) is 5.20. The van der Waals surface area contributed by atoms with Gasteiger partial charge < -0.3 is 9.15 Å². The standard InChI is InChI=1S/C26H21N5O3/c1-18(24-28-29-25(34-24)20-11-6-3-7-12-20)33-26(32)22-17-31(16-19-9-4-2-5-10-19)30-23(22)21-13-8-14-27-15-21/h2-15,17-18H,16H2,1H3/t18-/m0/s1. The highest BCUT2D eigenvalue weighted by atomic mass is 16.6. The molecule has 1 atom stereocenters. The fourth-order valence-electron chi connectivity index (χ4n) is 3.51. The molecule has 5 aromatic rings. The Labute approximate surface area is 195 Å². The minimum atomic E-state index is -0.739. The van der Waals surface area contributed by atoms with Crippen molar-refractivity contribution in [2.24, 2.45) is 0 Å². The van der Waals surface area contributed by atoms with Crippen molar-refractivity contribution in [2.75, 3.05) is 0 Å². The Balaban J connectivity index is 1.39. The van der Waals surface area contributed by atoms with Crippen LogP contribution in [-0.4, -0.2) is 30.9 Å². The summed E-state index contributed by atoms with van der Waals surface area (Å²) < 4.78 is 13.1. The first-order valence-corrected chi connectivity index (χ1v) is 10.8. The van der Waals surface area contributed by atoms with Gasteiger partial charge >= 0.3 is 5.97 Å². The molecule has 2 aromatic carbocycles. The number of carbonyl (C=O) groups is 1. The van der Waals surface area contributed by atoms with Crippen LogP contribution in [0, 0.1) is 0 Å². The van der Waals surface area contributed by atoms with E-state index in [9.17, 15) is 4.79 Å². The van der Waals surface area contributed by atoms with Gasteiger partial charge in [0, 0.05) is 29.7 Å². The van der Waals surface area contributed by atoms with Crippen molar-refractivity contribution in [1.82, 2.24) is 25.0 Å². The van der Waals surface area contributed by atoms with Crippen LogP contribution in [0.1, 0.15) is 34.8 Å². The number of benzene rings is 2. The number of ether oxygens (including phenoxy) is 1. The minimum Gasteiger partial charge on any atom is -0.449 e. The maximum Gasteiger partial charge on any atom is 0.342 e. The molecule has 3 heterocycles. The van der Waals surface area contributed by atoms with Crippen molar-refractivity contribution in [1.29, 1.82) is 0 Å².